The predicted molar refractivity (Wildman–Crippen MR) is 68.3 cm³/mol. The molecule has 0 heterocycles. The van der Waals surface area contributed by atoms with Gasteiger partial charge in [-0.05, 0) is 31.5 Å². The number of halogens is 1. The maximum Gasteiger partial charge on any atom is 0.128 e. The van der Waals surface area contributed by atoms with Crippen LogP contribution in [-0.4, -0.2) is 12.1 Å². The Hall–Kier alpha value is -0.930. The van der Waals surface area contributed by atoms with Gasteiger partial charge in [-0.2, -0.15) is 0 Å². The number of hydrogen-bond acceptors (Lipinski definition) is 2. The fourth-order valence-corrected chi connectivity index (χ4v) is 1.43. The summed E-state index contributed by atoms with van der Waals surface area (Å²) in [4.78, 5) is 0. The van der Waals surface area contributed by atoms with Gasteiger partial charge in [0.1, 0.15) is 5.82 Å². The molecule has 1 N–H and O–H groups in total. The van der Waals surface area contributed by atoms with Gasteiger partial charge in [-0.25, -0.2) is 4.39 Å². The largest absolute Gasteiger partial charge is 0.374 e. The fraction of sp³-hybridized carbons (Fsp3) is 0.571. The maximum atomic E-state index is 13.5. The first-order valence-electron chi connectivity index (χ1n) is 6.11. The van der Waals surface area contributed by atoms with Crippen molar-refractivity contribution in [1.29, 1.82) is 0 Å². The van der Waals surface area contributed by atoms with Gasteiger partial charge in [0.25, 0.3) is 0 Å². The molecule has 0 aliphatic carbocycles. The van der Waals surface area contributed by atoms with Crippen LogP contribution in [0, 0.1) is 5.82 Å². The summed E-state index contributed by atoms with van der Waals surface area (Å²) in [6, 6.07) is 5.61. The van der Waals surface area contributed by atoms with E-state index in [9.17, 15) is 4.39 Å². The molecular weight excluding hydrogens is 217 g/mol. The zero-order chi connectivity index (χ0) is 12.8. The minimum atomic E-state index is -0.195. The third-order valence-corrected chi connectivity index (χ3v) is 2.40. The van der Waals surface area contributed by atoms with Crippen LogP contribution in [0.1, 0.15) is 38.8 Å². The summed E-state index contributed by atoms with van der Waals surface area (Å²) in [5.74, 6) is -0.195. The van der Waals surface area contributed by atoms with Crippen LogP contribution in [0.3, 0.4) is 0 Å². The lowest BCUT2D eigenvalue weighted by Gasteiger charge is -2.12. The second kappa shape index (κ2) is 6.72. The van der Waals surface area contributed by atoms with Gasteiger partial charge in [0.2, 0.25) is 0 Å². The Morgan fingerprint density at radius 3 is 2.53 bits per heavy atom. The highest BCUT2D eigenvalue weighted by atomic mass is 19.1. The van der Waals surface area contributed by atoms with Gasteiger partial charge in [-0.15, -0.1) is 0 Å². The topological polar surface area (TPSA) is 21.3 Å². The third-order valence-electron chi connectivity index (χ3n) is 2.40. The summed E-state index contributed by atoms with van der Waals surface area (Å²) in [5, 5.41) is 3.31. The van der Waals surface area contributed by atoms with Crippen molar-refractivity contribution in [3.05, 3.63) is 35.1 Å². The average Bonchev–Trinajstić information content (AvgIpc) is 2.26. The van der Waals surface area contributed by atoms with Crippen molar-refractivity contribution >= 4 is 0 Å². The van der Waals surface area contributed by atoms with Crippen molar-refractivity contribution in [2.24, 2.45) is 0 Å². The van der Waals surface area contributed by atoms with E-state index in [0.717, 1.165) is 12.1 Å². The van der Waals surface area contributed by atoms with E-state index in [1.807, 2.05) is 26.0 Å². The second-order valence-corrected chi connectivity index (χ2v) is 4.82. The van der Waals surface area contributed by atoms with E-state index >= 15 is 0 Å². The lowest BCUT2D eigenvalue weighted by Crippen LogP contribution is -2.21. The van der Waals surface area contributed by atoms with Gasteiger partial charge in [-0.1, -0.05) is 19.9 Å². The van der Waals surface area contributed by atoms with Gasteiger partial charge < -0.3 is 10.1 Å². The highest BCUT2D eigenvalue weighted by Gasteiger charge is 2.05. The first-order valence-corrected chi connectivity index (χ1v) is 6.11. The minimum Gasteiger partial charge on any atom is -0.374 e. The Balaban J connectivity index is 2.65. The molecule has 2 nitrogen and oxygen atoms in total. The van der Waals surface area contributed by atoms with Crippen LogP contribution in [0.25, 0.3) is 0 Å². The molecule has 1 rings (SSSR count). The van der Waals surface area contributed by atoms with Gasteiger partial charge in [0, 0.05) is 18.2 Å². The van der Waals surface area contributed by atoms with Crippen LogP contribution in [0.2, 0.25) is 0 Å². The van der Waals surface area contributed by atoms with E-state index in [4.69, 9.17) is 4.74 Å². The molecule has 17 heavy (non-hydrogen) atoms. The first-order chi connectivity index (χ1) is 7.99. The summed E-state index contributed by atoms with van der Waals surface area (Å²) < 4.78 is 18.9. The van der Waals surface area contributed by atoms with E-state index in [1.165, 1.54) is 6.07 Å². The van der Waals surface area contributed by atoms with E-state index < -0.39 is 0 Å². The SMILES string of the molecule is CC(C)NCc1ccc(F)c(COC(C)C)c1. The van der Waals surface area contributed by atoms with Crippen molar-refractivity contribution in [2.75, 3.05) is 0 Å². The van der Waals surface area contributed by atoms with Crippen molar-refractivity contribution in [1.82, 2.24) is 5.32 Å². The van der Waals surface area contributed by atoms with Crippen LogP contribution >= 0.6 is 0 Å². The van der Waals surface area contributed by atoms with Crippen molar-refractivity contribution < 1.29 is 9.13 Å². The number of ether oxygens (including phenoxy) is 1. The molecule has 0 aromatic heterocycles. The second-order valence-electron chi connectivity index (χ2n) is 4.82. The summed E-state index contributed by atoms with van der Waals surface area (Å²) in [5.41, 5.74) is 1.71. The predicted octanol–water partition coefficient (Wildman–Crippen LogP) is 3.25. The monoisotopic (exact) mass is 239 g/mol. The Bertz CT molecular complexity index is 350. The molecule has 0 radical (unpaired) electrons. The summed E-state index contributed by atoms with van der Waals surface area (Å²) in [6.07, 6.45) is 0.117. The number of benzene rings is 1. The van der Waals surface area contributed by atoms with Crippen LogP contribution in [0.5, 0.6) is 0 Å². The van der Waals surface area contributed by atoms with E-state index in [2.05, 4.69) is 19.2 Å². The Labute approximate surface area is 103 Å². The Morgan fingerprint density at radius 1 is 1.24 bits per heavy atom. The number of nitrogens with one attached hydrogen (secondary N) is 1. The van der Waals surface area contributed by atoms with Gasteiger partial charge in [0.05, 0.1) is 12.7 Å². The van der Waals surface area contributed by atoms with Crippen molar-refractivity contribution in [3.8, 4) is 0 Å². The van der Waals surface area contributed by atoms with Gasteiger partial charge in [0.15, 0.2) is 0 Å². The Kier molecular flexibility index (Phi) is 5.59. The highest BCUT2D eigenvalue weighted by molar-refractivity contribution is 5.24. The zero-order valence-corrected chi connectivity index (χ0v) is 11.1. The first kappa shape index (κ1) is 14.1. The summed E-state index contributed by atoms with van der Waals surface area (Å²) in [7, 11) is 0. The quantitative estimate of drug-likeness (QED) is 0.822. The van der Waals surface area contributed by atoms with E-state index in [-0.39, 0.29) is 11.9 Å². The third kappa shape index (κ3) is 5.29. The molecule has 0 aliphatic heterocycles. The molecule has 0 aliphatic rings. The minimum absolute atomic E-state index is 0.117. The number of rotatable bonds is 6. The Morgan fingerprint density at radius 2 is 1.94 bits per heavy atom. The van der Waals surface area contributed by atoms with Crippen LogP contribution in [-0.2, 0) is 17.9 Å². The normalized spacial score (nSPS) is 11.5. The summed E-state index contributed by atoms with van der Waals surface area (Å²) >= 11 is 0. The van der Waals surface area contributed by atoms with E-state index in [0.29, 0.717) is 18.2 Å². The standard InChI is InChI=1S/C14H22FNO/c1-10(2)16-8-12-5-6-14(15)13(7-12)9-17-11(3)4/h5-7,10-11,16H,8-9H2,1-4H3. The van der Waals surface area contributed by atoms with Crippen LogP contribution in [0.15, 0.2) is 18.2 Å². The molecule has 0 saturated heterocycles. The lowest BCUT2D eigenvalue weighted by molar-refractivity contribution is 0.0639. The van der Waals surface area contributed by atoms with Gasteiger partial charge in [-0.3, -0.25) is 0 Å². The molecule has 0 amide bonds. The molecule has 1 aromatic carbocycles. The molecule has 3 heteroatoms. The van der Waals surface area contributed by atoms with Crippen LogP contribution in [0.4, 0.5) is 4.39 Å². The lowest BCUT2D eigenvalue weighted by atomic mass is 10.1. The highest BCUT2D eigenvalue weighted by Crippen LogP contribution is 2.13. The summed E-state index contributed by atoms with van der Waals surface area (Å²) in [6.45, 7) is 9.16. The van der Waals surface area contributed by atoms with E-state index in [1.54, 1.807) is 0 Å². The fourth-order valence-electron chi connectivity index (χ4n) is 1.43. The van der Waals surface area contributed by atoms with Gasteiger partial charge >= 0.3 is 0 Å². The molecule has 96 valence electrons. The van der Waals surface area contributed by atoms with Crippen LogP contribution < -0.4 is 5.32 Å². The molecule has 0 atom stereocenters. The molecule has 1 aromatic rings. The molecule has 0 unspecified atom stereocenters. The smallest absolute Gasteiger partial charge is 0.128 e. The zero-order valence-electron chi connectivity index (χ0n) is 11.1. The molecule has 0 bridgehead atoms. The van der Waals surface area contributed by atoms with Crippen molar-refractivity contribution in [3.63, 3.8) is 0 Å². The molecule has 0 spiro atoms. The number of hydrogen-bond donors (Lipinski definition) is 1. The molecule has 0 fully saturated rings. The molecular formula is C14H22FNO. The maximum absolute atomic E-state index is 13.5. The van der Waals surface area contributed by atoms with Crippen molar-refractivity contribution in [2.45, 2.75) is 53.0 Å². The molecule has 0 saturated carbocycles. The average molecular weight is 239 g/mol.